The van der Waals surface area contributed by atoms with Gasteiger partial charge in [0.2, 0.25) is 0 Å². The van der Waals surface area contributed by atoms with E-state index < -0.39 is 0 Å². The third-order valence-electron chi connectivity index (χ3n) is 3.82. The van der Waals surface area contributed by atoms with Crippen LogP contribution < -0.4 is 10.6 Å². The number of anilines is 1. The standard InChI is InChI=1S/C20H18N4O2/c1-14-5-2-3-7-17(14)24-20(26)18-11-16(8-10-22-18)19(25)23-13-15-6-4-9-21-12-15/h2-12H,13H2,1H3,(H,23,25)(H,24,26). The Morgan fingerprint density at radius 3 is 2.62 bits per heavy atom. The molecule has 0 fully saturated rings. The molecule has 0 atom stereocenters. The normalized spacial score (nSPS) is 10.2. The van der Waals surface area contributed by atoms with Gasteiger partial charge in [0.1, 0.15) is 5.69 Å². The average molecular weight is 346 g/mol. The van der Waals surface area contributed by atoms with Crippen LogP contribution in [0, 0.1) is 6.92 Å². The summed E-state index contributed by atoms with van der Waals surface area (Å²) in [6.45, 7) is 2.27. The van der Waals surface area contributed by atoms with Crippen LogP contribution in [0.4, 0.5) is 5.69 Å². The highest BCUT2D eigenvalue weighted by molar-refractivity contribution is 6.05. The van der Waals surface area contributed by atoms with Gasteiger partial charge in [0.15, 0.2) is 0 Å². The molecule has 26 heavy (non-hydrogen) atoms. The molecular formula is C20H18N4O2. The van der Waals surface area contributed by atoms with Crippen molar-refractivity contribution in [3.8, 4) is 0 Å². The van der Waals surface area contributed by atoms with Crippen LogP contribution in [0.15, 0.2) is 67.1 Å². The minimum Gasteiger partial charge on any atom is -0.348 e. The van der Waals surface area contributed by atoms with Gasteiger partial charge in [-0.15, -0.1) is 0 Å². The summed E-state index contributed by atoms with van der Waals surface area (Å²) in [5.74, 6) is -0.637. The molecule has 2 heterocycles. The summed E-state index contributed by atoms with van der Waals surface area (Å²) in [5, 5.41) is 5.61. The molecule has 0 aliphatic rings. The number of amides is 2. The van der Waals surface area contributed by atoms with Crippen molar-refractivity contribution >= 4 is 17.5 Å². The Morgan fingerprint density at radius 2 is 1.85 bits per heavy atom. The molecule has 0 saturated carbocycles. The Labute approximate surface area is 151 Å². The first-order valence-electron chi connectivity index (χ1n) is 8.13. The van der Waals surface area contributed by atoms with Gasteiger partial charge in [0.05, 0.1) is 0 Å². The fourth-order valence-electron chi connectivity index (χ4n) is 2.38. The third-order valence-corrected chi connectivity index (χ3v) is 3.82. The van der Waals surface area contributed by atoms with Crippen LogP contribution in [-0.4, -0.2) is 21.8 Å². The van der Waals surface area contributed by atoms with Crippen molar-refractivity contribution in [2.45, 2.75) is 13.5 Å². The molecule has 0 aliphatic carbocycles. The van der Waals surface area contributed by atoms with E-state index in [1.54, 1.807) is 18.5 Å². The summed E-state index contributed by atoms with van der Waals surface area (Å²) in [5.41, 5.74) is 3.12. The van der Waals surface area contributed by atoms with E-state index in [9.17, 15) is 9.59 Å². The van der Waals surface area contributed by atoms with Gasteiger partial charge in [-0.05, 0) is 42.3 Å². The van der Waals surface area contributed by atoms with Crippen molar-refractivity contribution in [1.29, 1.82) is 0 Å². The Balaban J connectivity index is 1.68. The monoisotopic (exact) mass is 346 g/mol. The van der Waals surface area contributed by atoms with Crippen LogP contribution in [0.3, 0.4) is 0 Å². The number of para-hydroxylation sites is 1. The van der Waals surface area contributed by atoms with Crippen molar-refractivity contribution in [3.05, 3.63) is 89.5 Å². The number of nitrogens with zero attached hydrogens (tertiary/aromatic N) is 2. The summed E-state index contributed by atoms with van der Waals surface area (Å²) in [6, 6.07) is 14.2. The number of nitrogens with one attached hydrogen (secondary N) is 2. The summed E-state index contributed by atoms with van der Waals surface area (Å²) in [6.07, 6.45) is 4.81. The van der Waals surface area contributed by atoms with E-state index in [4.69, 9.17) is 0 Å². The largest absolute Gasteiger partial charge is 0.348 e. The van der Waals surface area contributed by atoms with Gasteiger partial charge in [-0.25, -0.2) is 0 Å². The van der Waals surface area contributed by atoms with E-state index in [1.165, 1.54) is 12.3 Å². The molecular weight excluding hydrogens is 328 g/mol. The second-order valence-corrected chi connectivity index (χ2v) is 5.74. The third kappa shape index (κ3) is 4.30. The SMILES string of the molecule is Cc1ccccc1NC(=O)c1cc(C(=O)NCc2cccnc2)ccn1. The van der Waals surface area contributed by atoms with Gasteiger partial charge < -0.3 is 10.6 Å². The summed E-state index contributed by atoms with van der Waals surface area (Å²) >= 11 is 0. The van der Waals surface area contributed by atoms with E-state index in [0.717, 1.165) is 11.1 Å². The highest BCUT2D eigenvalue weighted by atomic mass is 16.2. The zero-order chi connectivity index (χ0) is 18.4. The molecule has 3 aromatic rings. The van der Waals surface area contributed by atoms with Crippen LogP contribution in [0.25, 0.3) is 0 Å². The molecule has 0 aliphatic heterocycles. The van der Waals surface area contributed by atoms with Gasteiger partial charge >= 0.3 is 0 Å². The number of rotatable bonds is 5. The lowest BCUT2D eigenvalue weighted by Gasteiger charge is -2.09. The summed E-state index contributed by atoms with van der Waals surface area (Å²) < 4.78 is 0. The zero-order valence-corrected chi connectivity index (χ0v) is 14.3. The molecule has 3 rings (SSSR count). The van der Waals surface area contributed by atoms with Gasteiger partial charge in [-0.3, -0.25) is 19.6 Å². The van der Waals surface area contributed by atoms with Crippen molar-refractivity contribution in [1.82, 2.24) is 15.3 Å². The fraction of sp³-hybridized carbons (Fsp3) is 0.100. The number of carbonyl (C=O) groups is 2. The van der Waals surface area contributed by atoms with Crippen molar-refractivity contribution in [3.63, 3.8) is 0 Å². The maximum absolute atomic E-state index is 12.4. The lowest BCUT2D eigenvalue weighted by Crippen LogP contribution is -2.23. The first-order valence-corrected chi connectivity index (χ1v) is 8.13. The molecule has 0 unspecified atom stereocenters. The topological polar surface area (TPSA) is 84.0 Å². The van der Waals surface area contributed by atoms with Crippen molar-refractivity contribution in [2.24, 2.45) is 0 Å². The quantitative estimate of drug-likeness (QED) is 0.744. The predicted octanol–water partition coefficient (Wildman–Crippen LogP) is 2.97. The van der Waals surface area contributed by atoms with Crippen molar-refractivity contribution < 1.29 is 9.59 Å². The van der Waals surface area contributed by atoms with E-state index in [2.05, 4.69) is 20.6 Å². The number of carbonyl (C=O) groups excluding carboxylic acids is 2. The molecule has 0 saturated heterocycles. The lowest BCUT2D eigenvalue weighted by molar-refractivity contribution is 0.0950. The smallest absolute Gasteiger partial charge is 0.274 e. The first-order chi connectivity index (χ1) is 12.6. The van der Waals surface area contributed by atoms with Crippen LogP contribution >= 0.6 is 0 Å². The second-order valence-electron chi connectivity index (χ2n) is 5.74. The highest BCUT2D eigenvalue weighted by Gasteiger charge is 2.12. The maximum Gasteiger partial charge on any atom is 0.274 e. The van der Waals surface area contributed by atoms with E-state index >= 15 is 0 Å². The second kappa shape index (κ2) is 8.02. The number of pyridine rings is 2. The Bertz CT molecular complexity index is 926. The molecule has 6 nitrogen and oxygen atoms in total. The van der Waals surface area contributed by atoms with Crippen molar-refractivity contribution in [2.75, 3.05) is 5.32 Å². The molecule has 2 N–H and O–H groups in total. The zero-order valence-electron chi connectivity index (χ0n) is 14.3. The fourth-order valence-corrected chi connectivity index (χ4v) is 2.38. The predicted molar refractivity (Wildman–Crippen MR) is 98.8 cm³/mol. The minimum atomic E-state index is -0.360. The van der Waals surface area contributed by atoms with Gasteiger partial charge in [-0.2, -0.15) is 0 Å². The summed E-state index contributed by atoms with van der Waals surface area (Å²) in [4.78, 5) is 32.8. The number of hydrogen-bond donors (Lipinski definition) is 2. The van der Waals surface area contributed by atoms with E-state index in [1.807, 2.05) is 43.3 Å². The molecule has 130 valence electrons. The maximum atomic E-state index is 12.4. The van der Waals surface area contributed by atoms with E-state index in [-0.39, 0.29) is 17.5 Å². The molecule has 2 aromatic heterocycles. The van der Waals surface area contributed by atoms with Gasteiger partial charge in [0, 0.05) is 36.4 Å². The van der Waals surface area contributed by atoms with E-state index in [0.29, 0.717) is 17.8 Å². The molecule has 0 radical (unpaired) electrons. The summed E-state index contributed by atoms with van der Waals surface area (Å²) in [7, 11) is 0. The number of benzene rings is 1. The number of aromatic nitrogens is 2. The van der Waals surface area contributed by atoms with Gasteiger partial charge in [-0.1, -0.05) is 24.3 Å². The molecule has 0 spiro atoms. The molecule has 0 bridgehead atoms. The van der Waals surface area contributed by atoms with Crippen LogP contribution in [0.1, 0.15) is 32.0 Å². The Hall–Kier alpha value is -3.54. The average Bonchev–Trinajstić information content (AvgIpc) is 2.69. The minimum absolute atomic E-state index is 0.183. The van der Waals surface area contributed by atoms with Crippen LogP contribution in [-0.2, 0) is 6.54 Å². The molecule has 2 amide bonds. The molecule has 1 aromatic carbocycles. The Kier molecular flexibility index (Phi) is 5.34. The number of aryl methyl sites for hydroxylation is 1. The lowest BCUT2D eigenvalue weighted by atomic mass is 10.1. The highest BCUT2D eigenvalue weighted by Crippen LogP contribution is 2.14. The first kappa shape index (κ1) is 17.3. The molecule has 6 heteroatoms. The van der Waals surface area contributed by atoms with Crippen LogP contribution in [0.5, 0.6) is 0 Å². The Morgan fingerprint density at radius 1 is 1.00 bits per heavy atom. The van der Waals surface area contributed by atoms with Crippen LogP contribution in [0.2, 0.25) is 0 Å². The van der Waals surface area contributed by atoms with Gasteiger partial charge in [0.25, 0.3) is 11.8 Å². The number of hydrogen-bond acceptors (Lipinski definition) is 4.